The Hall–Kier alpha value is -1.82. The first kappa shape index (κ1) is 8.76. The fraction of sp³-hybridized carbons (Fsp3) is 0.273. The van der Waals surface area contributed by atoms with E-state index in [1.807, 2.05) is 6.07 Å². The lowest BCUT2D eigenvalue weighted by molar-refractivity contribution is 0.0652. The second kappa shape index (κ2) is 3.51. The van der Waals surface area contributed by atoms with Crippen molar-refractivity contribution in [3.63, 3.8) is 0 Å². The highest BCUT2D eigenvalue weighted by atomic mass is 16.2. The van der Waals surface area contributed by atoms with Crippen LogP contribution < -0.4 is 0 Å². The molecule has 1 aromatic rings. The molecular formula is C11H10N2O. The van der Waals surface area contributed by atoms with Crippen LogP contribution in [0.15, 0.2) is 24.3 Å². The minimum atomic E-state index is 0.0355. The Kier molecular flexibility index (Phi) is 2.19. The Morgan fingerprint density at radius 1 is 1.43 bits per heavy atom. The van der Waals surface area contributed by atoms with Crippen molar-refractivity contribution in [2.45, 2.75) is 6.42 Å². The van der Waals surface area contributed by atoms with Crippen LogP contribution in [0.5, 0.6) is 0 Å². The molecule has 1 amide bonds. The Balaban J connectivity index is 2.23. The lowest BCUT2D eigenvalue weighted by atomic mass is 10.1. The third-order valence-corrected chi connectivity index (χ3v) is 2.38. The van der Waals surface area contributed by atoms with Crippen molar-refractivity contribution < 1.29 is 4.79 Å². The average molecular weight is 186 g/mol. The summed E-state index contributed by atoms with van der Waals surface area (Å²) in [7, 11) is 0. The molecule has 1 aliphatic heterocycles. The van der Waals surface area contributed by atoms with Crippen molar-refractivity contribution in [1.82, 2.24) is 4.90 Å². The van der Waals surface area contributed by atoms with Gasteiger partial charge in [-0.3, -0.25) is 4.79 Å². The number of hydrogen-bond acceptors (Lipinski definition) is 2. The van der Waals surface area contributed by atoms with E-state index in [2.05, 4.69) is 0 Å². The van der Waals surface area contributed by atoms with Crippen molar-refractivity contribution in [2.75, 3.05) is 13.1 Å². The number of carbonyl (C=O) groups excluding carboxylic acids is 1. The Bertz CT molecular complexity index is 402. The van der Waals surface area contributed by atoms with Gasteiger partial charge in [0.15, 0.2) is 0 Å². The highest BCUT2D eigenvalue weighted by Gasteiger charge is 2.21. The van der Waals surface area contributed by atoms with Crippen LogP contribution in [0.25, 0.3) is 0 Å². The van der Waals surface area contributed by atoms with E-state index >= 15 is 0 Å². The van der Waals surface area contributed by atoms with Crippen LogP contribution in [0.4, 0.5) is 0 Å². The van der Waals surface area contributed by atoms with E-state index in [1.165, 1.54) is 0 Å². The second-order valence-electron chi connectivity index (χ2n) is 3.34. The summed E-state index contributed by atoms with van der Waals surface area (Å²) in [5, 5.41) is 8.68. The molecule has 70 valence electrons. The molecule has 0 atom stereocenters. The molecule has 2 rings (SSSR count). The van der Waals surface area contributed by atoms with Gasteiger partial charge in [-0.2, -0.15) is 5.26 Å². The zero-order valence-corrected chi connectivity index (χ0v) is 7.73. The lowest BCUT2D eigenvalue weighted by Gasteiger charge is -2.30. The molecular weight excluding hydrogens is 176 g/mol. The monoisotopic (exact) mass is 186 g/mol. The Morgan fingerprint density at radius 3 is 2.79 bits per heavy atom. The smallest absolute Gasteiger partial charge is 0.253 e. The minimum absolute atomic E-state index is 0.0355. The van der Waals surface area contributed by atoms with Crippen LogP contribution >= 0.6 is 0 Å². The first-order chi connectivity index (χ1) is 6.81. The van der Waals surface area contributed by atoms with Gasteiger partial charge in [-0.05, 0) is 24.6 Å². The summed E-state index contributed by atoms with van der Waals surface area (Å²) in [5.41, 5.74) is 1.15. The summed E-state index contributed by atoms with van der Waals surface area (Å²) >= 11 is 0. The van der Waals surface area contributed by atoms with Crippen LogP contribution in [-0.2, 0) is 0 Å². The quantitative estimate of drug-likeness (QED) is 0.665. The largest absolute Gasteiger partial charge is 0.339 e. The SMILES string of the molecule is N#Cc1cccc(C(=O)N2CCC2)c1. The highest BCUT2D eigenvalue weighted by molar-refractivity contribution is 5.94. The summed E-state index contributed by atoms with van der Waals surface area (Å²) in [6.45, 7) is 1.69. The van der Waals surface area contributed by atoms with E-state index in [1.54, 1.807) is 29.2 Å². The standard InChI is InChI=1S/C11H10N2O/c12-8-9-3-1-4-10(7-9)11(14)13-5-2-6-13/h1,3-4,7H,2,5-6H2. The Labute approximate surface area is 82.6 Å². The summed E-state index contributed by atoms with van der Waals surface area (Å²) in [6, 6.07) is 8.86. The number of likely N-dealkylation sites (tertiary alicyclic amines) is 1. The third kappa shape index (κ3) is 1.47. The molecule has 0 radical (unpaired) electrons. The first-order valence-corrected chi connectivity index (χ1v) is 4.61. The molecule has 0 spiro atoms. The van der Waals surface area contributed by atoms with Crippen molar-refractivity contribution >= 4 is 5.91 Å². The Morgan fingerprint density at radius 2 is 2.21 bits per heavy atom. The number of benzene rings is 1. The van der Waals surface area contributed by atoms with E-state index in [9.17, 15) is 4.79 Å². The molecule has 0 N–H and O–H groups in total. The van der Waals surface area contributed by atoms with Crippen LogP contribution in [0.1, 0.15) is 22.3 Å². The van der Waals surface area contributed by atoms with Crippen molar-refractivity contribution in [2.24, 2.45) is 0 Å². The lowest BCUT2D eigenvalue weighted by Crippen LogP contribution is -2.42. The molecule has 0 saturated carbocycles. The van der Waals surface area contributed by atoms with E-state index in [0.717, 1.165) is 19.5 Å². The van der Waals surface area contributed by atoms with Crippen molar-refractivity contribution in [1.29, 1.82) is 5.26 Å². The topological polar surface area (TPSA) is 44.1 Å². The number of nitrogens with zero attached hydrogens (tertiary/aromatic N) is 2. The maximum atomic E-state index is 11.7. The van der Waals surface area contributed by atoms with Gasteiger partial charge in [-0.1, -0.05) is 6.07 Å². The number of hydrogen-bond donors (Lipinski definition) is 0. The number of carbonyl (C=O) groups is 1. The molecule has 3 nitrogen and oxygen atoms in total. The molecule has 0 aliphatic carbocycles. The van der Waals surface area contributed by atoms with Crippen LogP contribution in [0, 0.1) is 11.3 Å². The predicted octanol–water partition coefficient (Wildman–Crippen LogP) is 1.40. The van der Waals surface area contributed by atoms with Gasteiger partial charge in [0.2, 0.25) is 0 Å². The van der Waals surface area contributed by atoms with Gasteiger partial charge in [0.05, 0.1) is 11.6 Å². The molecule has 1 aromatic carbocycles. The van der Waals surface area contributed by atoms with Gasteiger partial charge in [-0.25, -0.2) is 0 Å². The van der Waals surface area contributed by atoms with Gasteiger partial charge in [0.25, 0.3) is 5.91 Å². The van der Waals surface area contributed by atoms with Crippen molar-refractivity contribution in [3.8, 4) is 6.07 Å². The highest BCUT2D eigenvalue weighted by Crippen LogP contribution is 2.13. The summed E-state index contributed by atoms with van der Waals surface area (Å²) in [6.07, 6.45) is 1.09. The predicted molar refractivity (Wildman–Crippen MR) is 51.7 cm³/mol. The maximum Gasteiger partial charge on any atom is 0.253 e. The molecule has 1 aliphatic rings. The van der Waals surface area contributed by atoms with Gasteiger partial charge in [-0.15, -0.1) is 0 Å². The van der Waals surface area contributed by atoms with E-state index in [4.69, 9.17) is 5.26 Å². The molecule has 14 heavy (non-hydrogen) atoms. The number of rotatable bonds is 1. The fourth-order valence-corrected chi connectivity index (χ4v) is 1.42. The molecule has 3 heteroatoms. The zero-order valence-electron chi connectivity index (χ0n) is 7.73. The van der Waals surface area contributed by atoms with Crippen LogP contribution in [-0.4, -0.2) is 23.9 Å². The average Bonchev–Trinajstić information content (AvgIpc) is 2.15. The van der Waals surface area contributed by atoms with Crippen LogP contribution in [0.3, 0.4) is 0 Å². The van der Waals surface area contributed by atoms with Gasteiger partial charge in [0, 0.05) is 18.7 Å². The van der Waals surface area contributed by atoms with Gasteiger partial charge < -0.3 is 4.90 Å². The van der Waals surface area contributed by atoms with Gasteiger partial charge >= 0.3 is 0 Å². The second-order valence-corrected chi connectivity index (χ2v) is 3.34. The minimum Gasteiger partial charge on any atom is -0.339 e. The normalized spacial score (nSPS) is 14.4. The summed E-state index contributed by atoms with van der Waals surface area (Å²) in [5.74, 6) is 0.0355. The molecule has 1 fully saturated rings. The molecule has 0 aromatic heterocycles. The van der Waals surface area contributed by atoms with Crippen molar-refractivity contribution in [3.05, 3.63) is 35.4 Å². The molecule has 0 unspecified atom stereocenters. The molecule has 0 bridgehead atoms. The zero-order chi connectivity index (χ0) is 9.97. The first-order valence-electron chi connectivity index (χ1n) is 4.61. The fourth-order valence-electron chi connectivity index (χ4n) is 1.42. The van der Waals surface area contributed by atoms with E-state index in [-0.39, 0.29) is 5.91 Å². The van der Waals surface area contributed by atoms with E-state index in [0.29, 0.717) is 11.1 Å². The molecule has 1 saturated heterocycles. The summed E-state index contributed by atoms with van der Waals surface area (Å²) < 4.78 is 0. The summed E-state index contributed by atoms with van der Waals surface area (Å²) in [4.78, 5) is 13.5. The van der Waals surface area contributed by atoms with Crippen LogP contribution in [0.2, 0.25) is 0 Å². The maximum absolute atomic E-state index is 11.7. The number of amides is 1. The van der Waals surface area contributed by atoms with E-state index < -0.39 is 0 Å². The van der Waals surface area contributed by atoms with Gasteiger partial charge in [0.1, 0.15) is 0 Å². The third-order valence-electron chi connectivity index (χ3n) is 2.38. The molecule has 1 heterocycles. The number of nitriles is 1.